The topological polar surface area (TPSA) is 42.7 Å². The Morgan fingerprint density at radius 1 is 0.892 bits per heavy atom. The number of rotatable bonds is 5. The number of benzene rings is 4. The molecule has 4 aromatic carbocycles. The zero-order chi connectivity index (χ0) is 24.6. The lowest BCUT2D eigenvalue weighted by molar-refractivity contribution is -0.688. The number of amides is 1. The number of fused-ring (bicyclic) bond motifs is 2. The summed E-state index contributed by atoms with van der Waals surface area (Å²) < 4.78 is 13.6. The molecule has 0 spiro atoms. The summed E-state index contributed by atoms with van der Waals surface area (Å²) in [6.45, 7) is 1.37. The van der Waals surface area contributed by atoms with Crippen molar-refractivity contribution in [2.75, 3.05) is 25.7 Å². The molecule has 2 heterocycles. The Kier molecular flexibility index (Phi) is 6.85. The van der Waals surface area contributed by atoms with Crippen LogP contribution < -0.4 is 35.9 Å². The fourth-order valence-electron chi connectivity index (χ4n) is 5.30. The van der Waals surface area contributed by atoms with Crippen LogP contribution in [0.4, 0.5) is 5.69 Å². The van der Waals surface area contributed by atoms with E-state index in [1.165, 1.54) is 11.1 Å². The molecule has 1 aromatic heterocycles. The number of aromatic nitrogens is 1. The van der Waals surface area contributed by atoms with Crippen molar-refractivity contribution in [3.05, 3.63) is 108 Å². The summed E-state index contributed by atoms with van der Waals surface area (Å²) >= 11 is 0. The molecule has 1 aliphatic heterocycles. The third-order valence-corrected chi connectivity index (χ3v) is 7.02. The zero-order valence-electron chi connectivity index (χ0n) is 20.8. The second kappa shape index (κ2) is 10.2. The smallest absolute Gasteiger partial charge is 0.258 e. The minimum Gasteiger partial charge on any atom is -1.00 e. The van der Waals surface area contributed by atoms with Crippen molar-refractivity contribution in [3.8, 4) is 11.5 Å². The summed E-state index contributed by atoms with van der Waals surface area (Å²) in [5.74, 6) is 1.41. The van der Waals surface area contributed by atoms with Crippen LogP contribution in [-0.4, -0.2) is 26.7 Å². The standard InChI is InChI=1S/C31H27N2O3.BrH/c1-35-27-19-24-14-17-33(26-18-23-10-6-7-11-25(23)29(28(24)26)30(27)36-2)31(34)22-12-15-32(16-13-22)20-21-8-4-3-5-9-21;/h3-13,15-16,18-19H,14,17,20H2,1-2H3;1H/q+1;/p-1. The molecule has 1 amide bonds. The van der Waals surface area contributed by atoms with Crippen LogP contribution in [0.15, 0.2) is 91.3 Å². The fourth-order valence-corrected chi connectivity index (χ4v) is 5.30. The van der Waals surface area contributed by atoms with E-state index in [0.717, 1.165) is 40.2 Å². The van der Waals surface area contributed by atoms with Crippen molar-refractivity contribution >= 4 is 33.1 Å². The molecule has 6 rings (SSSR count). The molecule has 0 bridgehead atoms. The van der Waals surface area contributed by atoms with E-state index in [1.807, 2.05) is 59.8 Å². The van der Waals surface area contributed by atoms with E-state index in [9.17, 15) is 4.79 Å². The lowest BCUT2D eigenvalue weighted by Gasteiger charge is -2.31. The number of carbonyl (C=O) groups is 1. The van der Waals surface area contributed by atoms with Gasteiger partial charge in [-0.1, -0.05) is 54.6 Å². The first kappa shape index (κ1) is 24.8. The molecule has 37 heavy (non-hydrogen) atoms. The average Bonchev–Trinajstić information content (AvgIpc) is 2.93. The van der Waals surface area contributed by atoms with E-state index in [-0.39, 0.29) is 22.9 Å². The first-order valence-corrected chi connectivity index (χ1v) is 12.1. The number of anilines is 1. The molecule has 1 aliphatic rings. The third kappa shape index (κ3) is 4.31. The van der Waals surface area contributed by atoms with Gasteiger partial charge >= 0.3 is 0 Å². The summed E-state index contributed by atoms with van der Waals surface area (Å²) in [7, 11) is 3.34. The van der Waals surface area contributed by atoms with Gasteiger partial charge in [-0.25, -0.2) is 4.57 Å². The van der Waals surface area contributed by atoms with Gasteiger partial charge < -0.3 is 31.4 Å². The predicted octanol–water partition coefficient (Wildman–Crippen LogP) is 2.55. The highest BCUT2D eigenvalue weighted by atomic mass is 79.9. The van der Waals surface area contributed by atoms with Crippen LogP contribution in [0.1, 0.15) is 21.5 Å². The van der Waals surface area contributed by atoms with Gasteiger partial charge in [-0.3, -0.25) is 4.79 Å². The molecule has 5 nitrogen and oxygen atoms in total. The van der Waals surface area contributed by atoms with Crippen LogP contribution >= 0.6 is 0 Å². The molecule has 0 aliphatic carbocycles. The van der Waals surface area contributed by atoms with Crippen molar-refractivity contribution in [3.63, 3.8) is 0 Å². The van der Waals surface area contributed by atoms with Crippen molar-refractivity contribution < 1.29 is 35.8 Å². The van der Waals surface area contributed by atoms with Gasteiger partial charge in [0.15, 0.2) is 30.4 Å². The number of ether oxygens (including phenoxy) is 2. The summed E-state index contributed by atoms with van der Waals surface area (Å²) in [5, 5.41) is 4.20. The van der Waals surface area contributed by atoms with Gasteiger partial charge in [0.25, 0.3) is 5.91 Å². The van der Waals surface area contributed by atoms with Gasteiger partial charge in [0.1, 0.15) is 0 Å². The number of hydrogen-bond acceptors (Lipinski definition) is 3. The quantitative estimate of drug-likeness (QED) is 0.248. The first-order valence-electron chi connectivity index (χ1n) is 12.1. The molecule has 0 fully saturated rings. The monoisotopic (exact) mass is 554 g/mol. The SMILES string of the molecule is COc1cc2c3c(cc4ccccc4c3c1OC)N(C(=O)c1cc[n+](Cc3ccccc3)cc1)CC2.[Br-]. The Morgan fingerprint density at radius 2 is 1.62 bits per heavy atom. The number of carbonyl (C=O) groups excluding carboxylic acids is 1. The van der Waals surface area contributed by atoms with Crippen LogP contribution in [0.3, 0.4) is 0 Å². The normalized spacial score (nSPS) is 12.3. The van der Waals surface area contributed by atoms with Gasteiger partial charge in [-0.2, -0.15) is 0 Å². The van der Waals surface area contributed by atoms with Gasteiger partial charge in [0.05, 0.1) is 25.5 Å². The molecule has 0 atom stereocenters. The molecule has 0 saturated carbocycles. The Balaban J connectivity index is 0.00000280. The van der Waals surface area contributed by atoms with Crippen molar-refractivity contribution in [1.29, 1.82) is 0 Å². The second-order valence-corrected chi connectivity index (χ2v) is 9.09. The predicted molar refractivity (Wildman–Crippen MR) is 142 cm³/mol. The lowest BCUT2D eigenvalue weighted by atomic mass is 9.90. The van der Waals surface area contributed by atoms with Crippen LogP contribution in [0.25, 0.3) is 21.5 Å². The Labute approximate surface area is 226 Å². The van der Waals surface area contributed by atoms with E-state index in [4.69, 9.17) is 9.47 Å². The highest BCUT2D eigenvalue weighted by Gasteiger charge is 2.29. The molecular weight excluding hydrogens is 528 g/mol. The summed E-state index contributed by atoms with van der Waals surface area (Å²) in [4.78, 5) is 15.7. The van der Waals surface area contributed by atoms with Gasteiger partial charge in [0.2, 0.25) is 0 Å². The van der Waals surface area contributed by atoms with Crippen LogP contribution in [-0.2, 0) is 13.0 Å². The number of methoxy groups -OCH3 is 2. The lowest BCUT2D eigenvalue weighted by Crippen LogP contribution is -3.00. The number of halogens is 1. The Bertz CT molecular complexity index is 1600. The van der Waals surface area contributed by atoms with E-state index >= 15 is 0 Å². The van der Waals surface area contributed by atoms with E-state index in [2.05, 4.69) is 41.0 Å². The van der Waals surface area contributed by atoms with E-state index in [1.54, 1.807) is 14.2 Å². The molecule has 6 heteroatoms. The van der Waals surface area contributed by atoms with Crippen LogP contribution in [0.5, 0.6) is 11.5 Å². The Morgan fingerprint density at radius 3 is 2.35 bits per heavy atom. The number of nitrogens with zero attached hydrogens (tertiary/aromatic N) is 2. The zero-order valence-corrected chi connectivity index (χ0v) is 22.4. The molecule has 0 N–H and O–H groups in total. The molecule has 0 unspecified atom stereocenters. The first-order chi connectivity index (χ1) is 17.7. The molecule has 0 radical (unpaired) electrons. The maximum Gasteiger partial charge on any atom is 0.258 e. The molecule has 0 saturated heterocycles. The van der Waals surface area contributed by atoms with E-state index in [0.29, 0.717) is 23.6 Å². The summed E-state index contributed by atoms with van der Waals surface area (Å²) in [6.07, 6.45) is 4.69. The number of pyridine rings is 1. The number of hydrogen-bond donors (Lipinski definition) is 0. The van der Waals surface area contributed by atoms with Crippen LogP contribution in [0.2, 0.25) is 0 Å². The van der Waals surface area contributed by atoms with Crippen molar-refractivity contribution in [1.82, 2.24) is 0 Å². The highest BCUT2D eigenvalue weighted by Crippen LogP contribution is 2.47. The molecular formula is C31H27BrN2O3. The van der Waals surface area contributed by atoms with E-state index < -0.39 is 0 Å². The van der Waals surface area contributed by atoms with Gasteiger partial charge in [0, 0.05) is 35.0 Å². The maximum atomic E-state index is 13.8. The largest absolute Gasteiger partial charge is 1.00 e. The second-order valence-electron chi connectivity index (χ2n) is 9.09. The summed E-state index contributed by atoms with van der Waals surface area (Å²) in [5.41, 5.74) is 3.97. The van der Waals surface area contributed by atoms with Crippen molar-refractivity contribution in [2.45, 2.75) is 13.0 Å². The van der Waals surface area contributed by atoms with Crippen LogP contribution in [0, 0.1) is 0 Å². The van der Waals surface area contributed by atoms with Gasteiger partial charge in [-0.15, -0.1) is 0 Å². The molecule has 186 valence electrons. The molecule has 5 aromatic rings. The highest BCUT2D eigenvalue weighted by molar-refractivity contribution is 6.21. The minimum absolute atomic E-state index is 0. The average molecular weight is 555 g/mol. The minimum atomic E-state index is -0.00104. The van der Waals surface area contributed by atoms with Crippen molar-refractivity contribution in [2.24, 2.45) is 0 Å². The summed E-state index contributed by atoms with van der Waals surface area (Å²) in [6, 6.07) is 26.5. The fraction of sp³-hybridized carbons (Fsp3) is 0.161. The third-order valence-electron chi connectivity index (χ3n) is 7.02. The van der Waals surface area contributed by atoms with Gasteiger partial charge in [-0.05, 0) is 34.9 Å². The maximum absolute atomic E-state index is 13.8. The Hall–Kier alpha value is -3.90.